The van der Waals surface area contributed by atoms with Crippen LogP contribution in [0.3, 0.4) is 0 Å². The van der Waals surface area contributed by atoms with Crippen molar-refractivity contribution in [2.75, 3.05) is 24.2 Å². The quantitative estimate of drug-likeness (QED) is 0.510. The van der Waals surface area contributed by atoms with Crippen molar-refractivity contribution in [2.45, 2.75) is 0 Å². The molecule has 0 aliphatic carbocycles. The van der Waals surface area contributed by atoms with Gasteiger partial charge in [0.25, 0.3) is 0 Å². The first-order valence-corrected chi connectivity index (χ1v) is 3.12. The SMILES string of the molecule is Nc1ncnc(NCCO)n1. The van der Waals surface area contributed by atoms with E-state index < -0.39 is 0 Å². The van der Waals surface area contributed by atoms with Crippen molar-refractivity contribution >= 4 is 11.9 Å². The summed E-state index contributed by atoms with van der Waals surface area (Å²) in [6.45, 7) is 0.440. The predicted molar refractivity (Wildman–Crippen MR) is 39.8 cm³/mol. The largest absolute Gasteiger partial charge is 0.395 e. The van der Waals surface area contributed by atoms with E-state index in [0.717, 1.165) is 0 Å². The number of aliphatic hydroxyl groups is 1. The molecule has 6 heteroatoms. The topological polar surface area (TPSA) is 97.0 Å². The van der Waals surface area contributed by atoms with Crippen molar-refractivity contribution in [3.05, 3.63) is 6.33 Å². The zero-order valence-electron chi connectivity index (χ0n) is 5.86. The van der Waals surface area contributed by atoms with E-state index >= 15 is 0 Å². The Morgan fingerprint density at radius 2 is 2.36 bits per heavy atom. The maximum Gasteiger partial charge on any atom is 0.227 e. The van der Waals surface area contributed by atoms with Gasteiger partial charge in [0.1, 0.15) is 6.33 Å². The van der Waals surface area contributed by atoms with Crippen molar-refractivity contribution < 1.29 is 5.11 Å². The second-order valence-corrected chi connectivity index (χ2v) is 1.82. The molecule has 0 spiro atoms. The number of hydrogen-bond acceptors (Lipinski definition) is 6. The molecule has 11 heavy (non-hydrogen) atoms. The van der Waals surface area contributed by atoms with Gasteiger partial charge in [-0.1, -0.05) is 0 Å². The van der Waals surface area contributed by atoms with Crippen LogP contribution in [0.25, 0.3) is 0 Å². The maximum atomic E-state index is 8.43. The number of hydrogen-bond donors (Lipinski definition) is 3. The van der Waals surface area contributed by atoms with Crippen LogP contribution in [0.4, 0.5) is 11.9 Å². The molecule has 0 amide bonds. The van der Waals surface area contributed by atoms with E-state index in [0.29, 0.717) is 12.5 Å². The molecule has 0 aliphatic rings. The smallest absolute Gasteiger partial charge is 0.227 e. The van der Waals surface area contributed by atoms with Crippen LogP contribution >= 0.6 is 0 Å². The van der Waals surface area contributed by atoms with Gasteiger partial charge in [-0.3, -0.25) is 0 Å². The Labute approximate surface area is 63.5 Å². The van der Waals surface area contributed by atoms with Gasteiger partial charge in [-0.2, -0.15) is 4.98 Å². The monoisotopic (exact) mass is 155 g/mol. The Morgan fingerprint density at radius 3 is 3.00 bits per heavy atom. The van der Waals surface area contributed by atoms with Crippen molar-refractivity contribution in [1.82, 2.24) is 15.0 Å². The summed E-state index contributed by atoms with van der Waals surface area (Å²) in [5.41, 5.74) is 5.27. The molecule has 0 radical (unpaired) electrons. The average Bonchev–Trinajstić information content (AvgIpc) is 2.01. The molecule has 0 saturated heterocycles. The summed E-state index contributed by atoms with van der Waals surface area (Å²) in [5.74, 6) is 0.548. The summed E-state index contributed by atoms with van der Waals surface area (Å²) in [6, 6.07) is 0. The van der Waals surface area contributed by atoms with Gasteiger partial charge < -0.3 is 16.2 Å². The van der Waals surface area contributed by atoms with E-state index in [1.807, 2.05) is 0 Å². The highest BCUT2D eigenvalue weighted by molar-refractivity contribution is 5.28. The fourth-order valence-corrected chi connectivity index (χ4v) is 0.562. The lowest BCUT2D eigenvalue weighted by atomic mass is 10.7. The highest BCUT2D eigenvalue weighted by Gasteiger charge is 1.93. The van der Waals surface area contributed by atoms with Gasteiger partial charge in [-0.25, -0.2) is 9.97 Å². The van der Waals surface area contributed by atoms with Crippen LogP contribution in [0, 0.1) is 0 Å². The molecule has 0 aliphatic heterocycles. The molecular weight excluding hydrogens is 146 g/mol. The number of aromatic nitrogens is 3. The van der Waals surface area contributed by atoms with Crippen molar-refractivity contribution in [3.8, 4) is 0 Å². The number of nitrogen functional groups attached to an aromatic ring is 1. The normalized spacial score (nSPS) is 9.55. The molecule has 60 valence electrons. The summed E-state index contributed by atoms with van der Waals surface area (Å²) in [6.07, 6.45) is 1.31. The van der Waals surface area contributed by atoms with Gasteiger partial charge in [-0.15, -0.1) is 0 Å². The Balaban J connectivity index is 2.56. The summed E-state index contributed by atoms with van der Waals surface area (Å²) >= 11 is 0. The fourth-order valence-electron chi connectivity index (χ4n) is 0.562. The van der Waals surface area contributed by atoms with Crippen molar-refractivity contribution in [3.63, 3.8) is 0 Å². The molecule has 0 fully saturated rings. The average molecular weight is 155 g/mol. The van der Waals surface area contributed by atoms with E-state index in [1.165, 1.54) is 6.33 Å². The van der Waals surface area contributed by atoms with E-state index in [1.54, 1.807) is 0 Å². The standard InChI is InChI=1S/C5H9N5O/c6-4-8-3-9-5(10-4)7-1-2-11/h3,11H,1-2H2,(H3,6,7,8,9,10). The van der Waals surface area contributed by atoms with E-state index in [2.05, 4.69) is 20.3 Å². The van der Waals surface area contributed by atoms with Crippen LogP contribution in [0.15, 0.2) is 6.33 Å². The minimum atomic E-state index is 0.0333. The zero-order chi connectivity index (χ0) is 8.10. The molecule has 0 unspecified atom stereocenters. The molecule has 4 N–H and O–H groups in total. The predicted octanol–water partition coefficient (Wildman–Crippen LogP) is -1.14. The number of aliphatic hydroxyl groups excluding tert-OH is 1. The van der Waals surface area contributed by atoms with Crippen LogP contribution < -0.4 is 11.1 Å². The fraction of sp³-hybridized carbons (Fsp3) is 0.400. The Kier molecular flexibility index (Phi) is 2.56. The lowest BCUT2D eigenvalue weighted by Crippen LogP contribution is -2.09. The summed E-state index contributed by atoms with van der Waals surface area (Å²) in [5, 5.41) is 11.2. The van der Waals surface area contributed by atoms with Crippen LogP contribution in [0.1, 0.15) is 0 Å². The minimum absolute atomic E-state index is 0.0333. The molecule has 6 nitrogen and oxygen atoms in total. The molecule has 0 aromatic carbocycles. The van der Waals surface area contributed by atoms with E-state index in [-0.39, 0.29) is 12.6 Å². The van der Waals surface area contributed by atoms with Crippen molar-refractivity contribution in [2.24, 2.45) is 0 Å². The lowest BCUT2D eigenvalue weighted by molar-refractivity contribution is 0.311. The number of nitrogens with two attached hydrogens (primary N) is 1. The van der Waals surface area contributed by atoms with Gasteiger partial charge in [0.2, 0.25) is 11.9 Å². The van der Waals surface area contributed by atoms with Crippen LogP contribution in [0.2, 0.25) is 0 Å². The lowest BCUT2D eigenvalue weighted by Gasteiger charge is -2.00. The molecule has 0 bridgehead atoms. The molecule has 1 aromatic rings. The maximum absolute atomic E-state index is 8.43. The third-order valence-electron chi connectivity index (χ3n) is 0.985. The Morgan fingerprint density at radius 1 is 1.55 bits per heavy atom. The van der Waals surface area contributed by atoms with E-state index in [9.17, 15) is 0 Å². The van der Waals surface area contributed by atoms with Gasteiger partial charge >= 0.3 is 0 Å². The van der Waals surface area contributed by atoms with Crippen LogP contribution in [0.5, 0.6) is 0 Å². The Hall–Kier alpha value is -1.43. The Bertz CT molecular complexity index is 228. The molecule has 0 saturated carbocycles. The third kappa shape index (κ3) is 2.34. The number of anilines is 2. The zero-order valence-corrected chi connectivity index (χ0v) is 5.86. The highest BCUT2D eigenvalue weighted by atomic mass is 16.3. The molecule has 1 rings (SSSR count). The molecule has 1 aromatic heterocycles. The first-order valence-electron chi connectivity index (χ1n) is 3.12. The van der Waals surface area contributed by atoms with Gasteiger partial charge in [0.05, 0.1) is 6.61 Å². The van der Waals surface area contributed by atoms with Gasteiger partial charge in [-0.05, 0) is 0 Å². The first kappa shape index (κ1) is 7.67. The van der Waals surface area contributed by atoms with E-state index in [4.69, 9.17) is 10.8 Å². The number of nitrogens with one attached hydrogen (secondary N) is 1. The van der Waals surface area contributed by atoms with Gasteiger partial charge in [0.15, 0.2) is 0 Å². The van der Waals surface area contributed by atoms with Crippen LogP contribution in [-0.4, -0.2) is 33.2 Å². The minimum Gasteiger partial charge on any atom is -0.395 e. The summed E-state index contributed by atoms with van der Waals surface area (Å²) < 4.78 is 0. The number of rotatable bonds is 3. The van der Waals surface area contributed by atoms with Crippen molar-refractivity contribution in [1.29, 1.82) is 0 Å². The summed E-state index contributed by atoms with van der Waals surface area (Å²) in [7, 11) is 0. The summed E-state index contributed by atoms with van der Waals surface area (Å²) in [4.78, 5) is 11.1. The first-order chi connectivity index (χ1) is 5.33. The molecule has 0 atom stereocenters. The molecule has 1 heterocycles. The second kappa shape index (κ2) is 3.67. The van der Waals surface area contributed by atoms with Gasteiger partial charge in [0, 0.05) is 6.54 Å². The molecular formula is C5H9N5O. The highest BCUT2D eigenvalue weighted by Crippen LogP contribution is 1.95. The second-order valence-electron chi connectivity index (χ2n) is 1.82. The number of nitrogens with zero attached hydrogens (tertiary/aromatic N) is 3. The van der Waals surface area contributed by atoms with Crippen LogP contribution in [-0.2, 0) is 0 Å². The third-order valence-corrected chi connectivity index (χ3v) is 0.985.